The maximum absolute atomic E-state index is 13.4. The van der Waals surface area contributed by atoms with Crippen molar-refractivity contribution in [3.8, 4) is 6.07 Å². The van der Waals surface area contributed by atoms with Crippen molar-refractivity contribution in [3.05, 3.63) is 29.3 Å². The Bertz CT molecular complexity index is 951. The number of carbonyl (C=O) groups is 1. The third-order valence-corrected chi connectivity index (χ3v) is 7.12. The molecule has 1 aromatic rings. The van der Waals surface area contributed by atoms with Gasteiger partial charge in [0.15, 0.2) is 5.11 Å². The predicted molar refractivity (Wildman–Crippen MR) is 129 cm³/mol. The van der Waals surface area contributed by atoms with Crippen molar-refractivity contribution in [1.29, 1.82) is 5.26 Å². The Morgan fingerprint density at radius 2 is 1.68 bits per heavy atom. The number of carbonyl (C=O) groups excluding carboxylic acids is 1. The van der Waals surface area contributed by atoms with E-state index in [-0.39, 0.29) is 16.7 Å². The van der Waals surface area contributed by atoms with E-state index in [1.54, 1.807) is 24.8 Å². The Balaban J connectivity index is 1.59. The smallest absolute Gasteiger partial charge is 0.334 e. The number of amides is 1. The van der Waals surface area contributed by atoms with Gasteiger partial charge >= 0.3 is 6.18 Å². The summed E-state index contributed by atoms with van der Waals surface area (Å²) in [5.41, 5.74) is -2.48. The van der Waals surface area contributed by atoms with Crippen molar-refractivity contribution in [2.75, 3.05) is 51.2 Å². The van der Waals surface area contributed by atoms with Gasteiger partial charge in [0.25, 0.3) is 5.91 Å². The van der Waals surface area contributed by atoms with Crippen molar-refractivity contribution in [2.45, 2.75) is 51.2 Å². The van der Waals surface area contributed by atoms with Crippen molar-refractivity contribution in [2.24, 2.45) is 0 Å². The SMILES string of the molecule is CN1CCN(CCCCCCN2C(=S)N(c3ccc(C#N)c(C(F)(F)F)c3)C(=O)C2(C)C)CC1. The number of unbranched alkanes of at least 4 members (excludes halogenated alkanes) is 3. The van der Waals surface area contributed by atoms with Crippen molar-refractivity contribution < 1.29 is 18.0 Å². The average Bonchev–Trinajstić information content (AvgIpc) is 2.95. The molecule has 0 spiro atoms. The molecule has 0 atom stereocenters. The molecule has 0 radical (unpaired) electrons. The zero-order chi connectivity index (χ0) is 25.1. The second kappa shape index (κ2) is 10.6. The molecule has 0 unspecified atom stereocenters. The monoisotopic (exact) mass is 495 g/mol. The number of hydrogen-bond donors (Lipinski definition) is 0. The van der Waals surface area contributed by atoms with Crippen LogP contribution in [0.1, 0.15) is 50.7 Å². The fraction of sp³-hybridized carbons (Fsp3) is 0.625. The molecule has 0 saturated carbocycles. The molecule has 2 aliphatic heterocycles. The zero-order valence-electron chi connectivity index (χ0n) is 20.0. The Hall–Kier alpha value is -2.22. The van der Waals surface area contributed by atoms with Crippen LogP contribution in [0.4, 0.5) is 18.9 Å². The summed E-state index contributed by atoms with van der Waals surface area (Å²) in [5.74, 6) is -0.370. The number of piperazine rings is 1. The van der Waals surface area contributed by atoms with E-state index < -0.39 is 22.8 Å². The molecule has 10 heteroatoms. The topological polar surface area (TPSA) is 53.8 Å². The van der Waals surface area contributed by atoms with E-state index >= 15 is 0 Å². The maximum atomic E-state index is 13.4. The van der Waals surface area contributed by atoms with Gasteiger partial charge in [-0.25, -0.2) is 0 Å². The number of rotatable bonds is 8. The van der Waals surface area contributed by atoms with Crippen LogP contribution in [0.2, 0.25) is 0 Å². The lowest BCUT2D eigenvalue weighted by Crippen LogP contribution is -2.44. The van der Waals surface area contributed by atoms with Gasteiger partial charge in [-0.1, -0.05) is 12.8 Å². The highest BCUT2D eigenvalue weighted by Crippen LogP contribution is 2.37. The van der Waals surface area contributed by atoms with Gasteiger partial charge in [-0.05, 0) is 70.7 Å². The molecule has 2 heterocycles. The van der Waals surface area contributed by atoms with E-state index in [0.717, 1.165) is 70.5 Å². The van der Waals surface area contributed by atoms with Crippen LogP contribution in [0.15, 0.2) is 18.2 Å². The second-order valence-electron chi connectivity index (χ2n) is 9.53. The molecule has 34 heavy (non-hydrogen) atoms. The molecule has 1 amide bonds. The molecular weight excluding hydrogens is 463 g/mol. The molecular formula is C24H32F3N5OS. The molecule has 2 fully saturated rings. The van der Waals surface area contributed by atoms with E-state index in [4.69, 9.17) is 17.5 Å². The van der Waals surface area contributed by atoms with Gasteiger partial charge in [0.1, 0.15) is 5.54 Å². The standard InChI is InChI=1S/C24H32F3N5OS/c1-23(2)21(33)32(19-9-8-18(17-28)20(16-19)24(25,26)27)22(34)31(23)11-7-5-4-6-10-30-14-12-29(3)13-15-30/h8-9,16H,4-7,10-15H2,1-3H3. The number of hydrogen-bond acceptors (Lipinski definition) is 5. The minimum Gasteiger partial charge on any atom is -0.334 e. The highest BCUT2D eigenvalue weighted by Gasteiger charge is 2.49. The lowest BCUT2D eigenvalue weighted by Gasteiger charge is -2.32. The number of likely N-dealkylation sites (N-methyl/N-ethyl adjacent to an activating group) is 1. The highest BCUT2D eigenvalue weighted by atomic mass is 32.1. The van der Waals surface area contributed by atoms with Crippen LogP contribution in [-0.4, -0.2) is 77.6 Å². The van der Waals surface area contributed by atoms with Crippen LogP contribution >= 0.6 is 12.2 Å². The molecule has 0 bridgehead atoms. The summed E-state index contributed by atoms with van der Waals surface area (Å²) in [5, 5.41) is 9.24. The van der Waals surface area contributed by atoms with Gasteiger partial charge in [0.2, 0.25) is 0 Å². The Morgan fingerprint density at radius 1 is 1.06 bits per heavy atom. The summed E-state index contributed by atoms with van der Waals surface area (Å²) in [6, 6.07) is 4.83. The van der Waals surface area contributed by atoms with Crippen LogP contribution in [0.3, 0.4) is 0 Å². The summed E-state index contributed by atoms with van der Waals surface area (Å²) in [6.07, 6.45) is -0.671. The molecule has 0 aliphatic carbocycles. The molecule has 3 rings (SSSR count). The lowest BCUT2D eigenvalue weighted by atomic mass is 10.0. The van der Waals surface area contributed by atoms with E-state index in [0.29, 0.717) is 6.54 Å². The summed E-state index contributed by atoms with van der Waals surface area (Å²) in [7, 11) is 2.14. The van der Waals surface area contributed by atoms with Crippen LogP contribution in [0.5, 0.6) is 0 Å². The molecule has 0 N–H and O–H groups in total. The number of benzene rings is 1. The third kappa shape index (κ3) is 5.70. The van der Waals surface area contributed by atoms with Crippen molar-refractivity contribution in [3.63, 3.8) is 0 Å². The van der Waals surface area contributed by atoms with E-state index in [1.165, 1.54) is 11.0 Å². The fourth-order valence-corrected chi connectivity index (χ4v) is 4.98. The van der Waals surface area contributed by atoms with E-state index in [2.05, 4.69) is 16.8 Å². The summed E-state index contributed by atoms with van der Waals surface area (Å²) < 4.78 is 40.3. The molecule has 1 aromatic carbocycles. The van der Waals surface area contributed by atoms with Gasteiger partial charge in [0, 0.05) is 32.7 Å². The largest absolute Gasteiger partial charge is 0.417 e. The van der Waals surface area contributed by atoms with Crippen LogP contribution < -0.4 is 4.90 Å². The lowest BCUT2D eigenvalue weighted by molar-refractivity contribution is -0.137. The number of halogens is 3. The number of alkyl halides is 3. The Kier molecular flexibility index (Phi) is 8.22. The predicted octanol–water partition coefficient (Wildman–Crippen LogP) is 4.10. The van der Waals surface area contributed by atoms with Gasteiger partial charge < -0.3 is 14.7 Å². The molecule has 186 valence electrons. The first-order valence-electron chi connectivity index (χ1n) is 11.6. The van der Waals surface area contributed by atoms with Crippen molar-refractivity contribution in [1.82, 2.24) is 14.7 Å². The Morgan fingerprint density at radius 3 is 2.26 bits per heavy atom. The highest BCUT2D eigenvalue weighted by molar-refractivity contribution is 7.80. The maximum Gasteiger partial charge on any atom is 0.417 e. The number of anilines is 1. The first-order chi connectivity index (χ1) is 16.0. The van der Waals surface area contributed by atoms with Gasteiger partial charge in [-0.15, -0.1) is 0 Å². The second-order valence-corrected chi connectivity index (χ2v) is 9.90. The van der Waals surface area contributed by atoms with Crippen LogP contribution in [0, 0.1) is 11.3 Å². The third-order valence-electron chi connectivity index (χ3n) is 6.71. The number of nitrogens with zero attached hydrogens (tertiary/aromatic N) is 5. The number of nitriles is 1. The minimum atomic E-state index is -4.70. The van der Waals surface area contributed by atoms with Gasteiger partial charge in [-0.3, -0.25) is 9.69 Å². The van der Waals surface area contributed by atoms with Gasteiger partial charge in [0.05, 0.1) is 22.9 Å². The zero-order valence-corrected chi connectivity index (χ0v) is 20.8. The van der Waals surface area contributed by atoms with Gasteiger partial charge in [-0.2, -0.15) is 18.4 Å². The van der Waals surface area contributed by atoms with E-state index in [9.17, 15) is 18.0 Å². The van der Waals surface area contributed by atoms with E-state index in [1.807, 2.05) is 0 Å². The molecule has 6 nitrogen and oxygen atoms in total. The first-order valence-corrected chi connectivity index (χ1v) is 12.1. The Labute approximate surface area is 204 Å². The summed E-state index contributed by atoms with van der Waals surface area (Å²) in [6.45, 7) is 9.56. The van der Waals surface area contributed by atoms with Crippen molar-refractivity contribution >= 4 is 28.9 Å². The van der Waals surface area contributed by atoms with Crippen LogP contribution in [-0.2, 0) is 11.0 Å². The normalized spacial score (nSPS) is 19.7. The average molecular weight is 496 g/mol. The first kappa shape index (κ1) is 26.4. The van der Waals surface area contributed by atoms with Crippen LogP contribution in [0.25, 0.3) is 0 Å². The summed E-state index contributed by atoms with van der Waals surface area (Å²) in [4.78, 5) is 20.9. The number of thiocarbonyl (C=S) groups is 1. The molecule has 2 aliphatic rings. The fourth-order valence-electron chi connectivity index (χ4n) is 4.47. The summed E-state index contributed by atoms with van der Waals surface area (Å²) >= 11 is 5.54. The molecule has 2 saturated heterocycles. The minimum absolute atomic E-state index is 0.0316. The quantitative estimate of drug-likeness (QED) is 0.400. The molecule has 0 aromatic heterocycles.